The van der Waals surface area contributed by atoms with E-state index in [-0.39, 0.29) is 37.3 Å². The van der Waals surface area contributed by atoms with E-state index >= 15 is 0 Å². The third-order valence-corrected chi connectivity index (χ3v) is 6.04. The van der Waals surface area contributed by atoms with Gasteiger partial charge < -0.3 is 19.4 Å². The number of anilines is 2. The highest BCUT2D eigenvalue weighted by molar-refractivity contribution is 6.07. The van der Waals surface area contributed by atoms with E-state index in [0.717, 1.165) is 17.0 Å². The van der Waals surface area contributed by atoms with Crippen molar-refractivity contribution in [2.24, 2.45) is 7.05 Å². The van der Waals surface area contributed by atoms with Crippen LogP contribution in [0.1, 0.15) is 35.1 Å². The van der Waals surface area contributed by atoms with Gasteiger partial charge in [0.05, 0.1) is 37.7 Å². The number of nitrogens with zero attached hydrogens (tertiary/aromatic N) is 4. The molecule has 196 valence electrons. The second kappa shape index (κ2) is 12.0. The van der Waals surface area contributed by atoms with E-state index in [4.69, 9.17) is 19.9 Å². The van der Waals surface area contributed by atoms with Crippen molar-refractivity contribution in [1.82, 2.24) is 14.5 Å². The van der Waals surface area contributed by atoms with Crippen molar-refractivity contribution in [3.8, 4) is 0 Å². The van der Waals surface area contributed by atoms with Gasteiger partial charge in [0.2, 0.25) is 5.90 Å². The fourth-order valence-corrected chi connectivity index (χ4v) is 4.00. The average molecular weight is 515 g/mol. The molecule has 10 heteroatoms. The quantitative estimate of drug-likeness (QED) is 0.185. The number of ether oxygens (including phenoxy) is 2. The van der Waals surface area contributed by atoms with E-state index in [2.05, 4.69) is 10.3 Å². The lowest BCUT2D eigenvalue weighted by atomic mass is 10.1. The fourth-order valence-electron chi connectivity index (χ4n) is 4.00. The monoisotopic (exact) mass is 514 g/mol. The van der Waals surface area contributed by atoms with Crippen molar-refractivity contribution in [1.29, 1.82) is 5.41 Å². The summed E-state index contributed by atoms with van der Waals surface area (Å²) in [6.07, 6.45) is 1.67. The molecule has 0 atom stereocenters. The Bertz CT molecular complexity index is 1430. The number of pyridine rings is 1. The van der Waals surface area contributed by atoms with Crippen LogP contribution in [0.5, 0.6) is 0 Å². The molecule has 2 heterocycles. The molecule has 4 rings (SSSR count). The molecule has 2 aromatic carbocycles. The largest absolute Gasteiger partial charge is 0.481 e. The van der Waals surface area contributed by atoms with Gasteiger partial charge in [-0.15, -0.1) is 0 Å². The number of esters is 1. The van der Waals surface area contributed by atoms with E-state index in [1.807, 2.05) is 41.9 Å². The summed E-state index contributed by atoms with van der Waals surface area (Å²) in [5, 5.41) is 11.1. The molecule has 0 bridgehead atoms. The maximum atomic E-state index is 13.5. The van der Waals surface area contributed by atoms with Gasteiger partial charge in [0.1, 0.15) is 11.6 Å². The molecule has 10 nitrogen and oxygen atoms in total. The molecule has 4 aromatic rings. The highest BCUT2D eigenvalue weighted by Gasteiger charge is 2.21. The van der Waals surface area contributed by atoms with Crippen LogP contribution in [0.3, 0.4) is 0 Å². The fraction of sp³-hybridized carbons (Fsp3) is 0.250. The first-order valence-corrected chi connectivity index (χ1v) is 12.2. The lowest BCUT2D eigenvalue weighted by Crippen LogP contribution is -2.34. The molecular weight excluding hydrogens is 484 g/mol. The molecule has 0 radical (unpaired) electrons. The van der Waals surface area contributed by atoms with Crippen LogP contribution in [0.2, 0.25) is 0 Å². The molecule has 0 fully saturated rings. The molecular formula is C28H30N6O4. The summed E-state index contributed by atoms with van der Waals surface area (Å²) in [5.74, 6) is 0.716. The molecule has 2 aromatic heterocycles. The van der Waals surface area contributed by atoms with E-state index in [0.29, 0.717) is 29.0 Å². The number of fused-ring (bicyclic) bond motifs is 1. The Morgan fingerprint density at radius 2 is 1.84 bits per heavy atom. The molecule has 38 heavy (non-hydrogen) atoms. The molecule has 0 unspecified atom stereocenters. The minimum Gasteiger partial charge on any atom is -0.481 e. The number of hydrogen-bond acceptors (Lipinski definition) is 8. The van der Waals surface area contributed by atoms with Crippen LogP contribution in [0.4, 0.5) is 11.5 Å². The van der Waals surface area contributed by atoms with Gasteiger partial charge in [-0.1, -0.05) is 6.07 Å². The Hall–Kier alpha value is -4.73. The SMILES string of the molecule is CCOC(=O)CCN(C(=O)c1ccc2c(c1)nc(CNc1ccc(C(=N)OC)cc1)n2C)c1ccccn1. The molecule has 1 amide bonds. The Kier molecular flexibility index (Phi) is 8.32. The first-order valence-electron chi connectivity index (χ1n) is 12.2. The molecule has 0 saturated heterocycles. The van der Waals surface area contributed by atoms with Gasteiger partial charge in [0, 0.05) is 36.6 Å². The molecule has 0 aliphatic rings. The van der Waals surface area contributed by atoms with Crippen molar-refractivity contribution >= 4 is 40.3 Å². The van der Waals surface area contributed by atoms with Crippen molar-refractivity contribution in [2.75, 3.05) is 30.5 Å². The van der Waals surface area contributed by atoms with Gasteiger partial charge in [-0.2, -0.15) is 0 Å². The maximum Gasteiger partial charge on any atom is 0.307 e. The number of benzene rings is 2. The van der Waals surface area contributed by atoms with E-state index < -0.39 is 0 Å². The number of methoxy groups -OCH3 is 1. The number of aryl methyl sites for hydroxylation is 1. The Morgan fingerprint density at radius 3 is 2.53 bits per heavy atom. The first kappa shape index (κ1) is 26.3. The van der Waals surface area contributed by atoms with Gasteiger partial charge >= 0.3 is 5.97 Å². The van der Waals surface area contributed by atoms with Crippen molar-refractivity contribution in [3.63, 3.8) is 0 Å². The van der Waals surface area contributed by atoms with Crippen molar-refractivity contribution < 1.29 is 19.1 Å². The van der Waals surface area contributed by atoms with Gasteiger partial charge in [-0.05, 0) is 61.5 Å². The van der Waals surface area contributed by atoms with Gasteiger partial charge in [-0.3, -0.25) is 19.9 Å². The van der Waals surface area contributed by atoms with Crippen LogP contribution in [0, 0.1) is 5.41 Å². The zero-order valence-electron chi connectivity index (χ0n) is 21.6. The second-order valence-corrected chi connectivity index (χ2v) is 8.45. The molecule has 2 N–H and O–H groups in total. The Labute approximate surface area is 220 Å². The average Bonchev–Trinajstić information content (AvgIpc) is 3.27. The number of nitrogens with one attached hydrogen (secondary N) is 2. The minimum atomic E-state index is -0.370. The van der Waals surface area contributed by atoms with Crippen LogP contribution < -0.4 is 10.2 Å². The number of amides is 1. The van der Waals surface area contributed by atoms with Crippen molar-refractivity contribution in [3.05, 3.63) is 83.8 Å². The lowest BCUT2D eigenvalue weighted by molar-refractivity contribution is -0.142. The summed E-state index contributed by atoms with van der Waals surface area (Å²) < 4.78 is 12.0. The molecule has 0 spiro atoms. The number of imidazole rings is 1. The highest BCUT2D eigenvalue weighted by Crippen LogP contribution is 2.21. The zero-order valence-corrected chi connectivity index (χ0v) is 21.6. The second-order valence-electron chi connectivity index (χ2n) is 8.45. The predicted octanol–water partition coefficient (Wildman–Crippen LogP) is 4.15. The third-order valence-electron chi connectivity index (χ3n) is 6.04. The molecule has 0 aliphatic carbocycles. The van der Waals surface area contributed by atoms with E-state index in [1.165, 1.54) is 12.0 Å². The van der Waals surface area contributed by atoms with Crippen molar-refractivity contribution in [2.45, 2.75) is 19.9 Å². The summed E-state index contributed by atoms with van der Waals surface area (Å²) in [4.78, 5) is 36.0. The van der Waals surface area contributed by atoms with Crippen LogP contribution in [0.15, 0.2) is 66.9 Å². The number of hydrogen-bond donors (Lipinski definition) is 2. The molecule has 0 saturated carbocycles. The van der Waals surface area contributed by atoms with E-state index in [9.17, 15) is 9.59 Å². The van der Waals surface area contributed by atoms with Gasteiger partial charge in [0.25, 0.3) is 5.91 Å². The zero-order chi connectivity index (χ0) is 27.1. The maximum absolute atomic E-state index is 13.5. The first-order chi connectivity index (χ1) is 18.4. The number of aromatic nitrogens is 3. The van der Waals surface area contributed by atoms with E-state index in [1.54, 1.807) is 43.5 Å². The van der Waals surface area contributed by atoms with Crippen LogP contribution in [0.25, 0.3) is 11.0 Å². The number of carbonyl (C=O) groups is 2. The topological polar surface area (TPSA) is 122 Å². The Morgan fingerprint density at radius 1 is 1.08 bits per heavy atom. The molecule has 0 aliphatic heterocycles. The number of rotatable bonds is 10. The smallest absolute Gasteiger partial charge is 0.307 e. The normalized spacial score (nSPS) is 10.7. The van der Waals surface area contributed by atoms with Gasteiger partial charge in [0.15, 0.2) is 0 Å². The minimum absolute atomic E-state index is 0.0609. The van der Waals surface area contributed by atoms with Crippen LogP contribution >= 0.6 is 0 Å². The highest BCUT2D eigenvalue weighted by atomic mass is 16.5. The summed E-state index contributed by atoms with van der Waals surface area (Å²) in [5.41, 5.74) is 3.59. The standard InChI is InChI=1S/C28H30N6O4/c1-4-38-26(35)14-16-34(24-7-5-6-15-30-24)28(36)20-10-13-23-22(17-20)32-25(33(23)2)18-31-21-11-8-19(9-12-21)27(29)37-3/h5-13,15,17,29,31H,4,14,16,18H2,1-3H3. The van der Waals surface area contributed by atoms with Crippen LogP contribution in [-0.2, 0) is 27.9 Å². The number of carbonyl (C=O) groups excluding carboxylic acids is 2. The predicted molar refractivity (Wildman–Crippen MR) is 145 cm³/mol. The van der Waals surface area contributed by atoms with Gasteiger partial charge in [-0.25, -0.2) is 9.97 Å². The summed E-state index contributed by atoms with van der Waals surface area (Å²) in [6, 6.07) is 18.1. The summed E-state index contributed by atoms with van der Waals surface area (Å²) in [7, 11) is 3.40. The third kappa shape index (κ3) is 5.97. The lowest BCUT2D eigenvalue weighted by Gasteiger charge is -2.21. The van der Waals surface area contributed by atoms with Crippen LogP contribution in [-0.4, -0.2) is 52.6 Å². The Balaban J connectivity index is 1.53. The summed E-state index contributed by atoms with van der Waals surface area (Å²) >= 11 is 0. The summed E-state index contributed by atoms with van der Waals surface area (Å²) in [6.45, 7) is 2.65.